The zero-order valence-corrected chi connectivity index (χ0v) is 10.8. The molecular weight excluding hydrogens is 232 g/mol. The fourth-order valence-corrected chi connectivity index (χ4v) is 2.18. The molecule has 0 saturated heterocycles. The van der Waals surface area contributed by atoms with Crippen molar-refractivity contribution in [1.29, 1.82) is 0 Å². The zero-order valence-electron chi connectivity index (χ0n) is 10.0. The van der Waals surface area contributed by atoms with Crippen molar-refractivity contribution >= 4 is 17.4 Å². The highest BCUT2D eigenvalue weighted by atomic mass is 32.2. The Kier molecular flexibility index (Phi) is 4.03. The van der Waals surface area contributed by atoms with Crippen LogP contribution < -0.4 is 5.32 Å². The molecule has 90 valence electrons. The smallest absolute Gasteiger partial charge is 0.208 e. The molecule has 5 heteroatoms. The van der Waals surface area contributed by atoms with E-state index in [0.29, 0.717) is 0 Å². The third kappa shape index (κ3) is 3.49. The first-order chi connectivity index (χ1) is 8.25. The maximum absolute atomic E-state index is 4.24. The summed E-state index contributed by atoms with van der Waals surface area (Å²) in [6.45, 7) is 4.92. The summed E-state index contributed by atoms with van der Waals surface area (Å²) in [5.74, 6) is 1.81. The summed E-state index contributed by atoms with van der Waals surface area (Å²) >= 11 is 1.65. The number of benzene rings is 1. The minimum Gasteiger partial charge on any atom is -0.384 e. The molecule has 0 aliphatic heterocycles. The van der Waals surface area contributed by atoms with Gasteiger partial charge in [0.1, 0.15) is 5.82 Å². The van der Waals surface area contributed by atoms with Gasteiger partial charge in [-0.2, -0.15) is 0 Å². The number of anilines is 1. The highest BCUT2D eigenvalue weighted by Gasteiger charge is 2.00. The lowest BCUT2D eigenvalue weighted by molar-refractivity contribution is 0.968. The van der Waals surface area contributed by atoms with Crippen LogP contribution >= 0.6 is 11.8 Å². The van der Waals surface area contributed by atoms with Gasteiger partial charge < -0.3 is 5.32 Å². The Balaban J connectivity index is 1.75. The normalized spacial score (nSPS) is 10.5. The molecule has 4 nitrogen and oxygen atoms in total. The van der Waals surface area contributed by atoms with E-state index < -0.39 is 0 Å². The summed E-state index contributed by atoms with van der Waals surface area (Å²) in [6.07, 6.45) is 0. The average Bonchev–Trinajstić information content (AvgIpc) is 2.73. The molecule has 0 spiro atoms. The van der Waals surface area contributed by atoms with Crippen LogP contribution in [0.1, 0.15) is 11.4 Å². The molecule has 2 aromatic rings. The minimum absolute atomic E-state index is 0.814. The molecule has 0 aliphatic rings. The lowest BCUT2D eigenvalue weighted by Crippen LogP contribution is -2.05. The summed E-state index contributed by atoms with van der Waals surface area (Å²) in [7, 11) is 0. The number of thioether (sulfide) groups is 1. The largest absolute Gasteiger partial charge is 0.384 e. The van der Waals surface area contributed by atoms with E-state index in [4.69, 9.17) is 0 Å². The van der Waals surface area contributed by atoms with E-state index in [9.17, 15) is 0 Å². The van der Waals surface area contributed by atoms with Crippen molar-refractivity contribution in [2.24, 2.45) is 0 Å². The molecule has 0 aliphatic carbocycles. The molecule has 0 atom stereocenters. The van der Waals surface area contributed by atoms with Gasteiger partial charge in [-0.25, -0.2) is 4.98 Å². The van der Waals surface area contributed by atoms with Crippen LogP contribution in [0.15, 0.2) is 29.4 Å². The number of aryl methyl sites for hydroxylation is 2. The first-order valence-corrected chi connectivity index (χ1v) is 6.55. The minimum atomic E-state index is 0.814. The molecule has 0 unspecified atom stereocenters. The molecule has 0 radical (unpaired) electrons. The van der Waals surface area contributed by atoms with E-state index in [2.05, 4.69) is 39.6 Å². The van der Waals surface area contributed by atoms with Gasteiger partial charge in [-0.05, 0) is 25.5 Å². The van der Waals surface area contributed by atoms with Crippen molar-refractivity contribution < 1.29 is 0 Å². The lowest BCUT2D eigenvalue weighted by atomic mass is 10.2. The number of rotatable bonds is 5. The van der Waals surface area contributed by atoms with Crippen molar-refractivity contribution in [2.45, 2.75) is 19.0 Å². The van der Waals surface area contributed by atoms with Crippen LogP contribution in [0.4, 0.5) is 5.69 Å². The summed E-state index contributed by atoms with van der Waals surface area (Å²) < 4.78 is 0. The van der Waals surface area contributed by atoms with Crippen LogP contribution in [0, 0.1) is 13.8 Å². The average molecular weight is 248 g/mol. The Labute approximate surface area is 105 Å². The molecule has 0 amide bonds. The van der Waals surface area contributed by atoms with Crippen molar-refractivity contribution in [3.05, 3.63) is 35.7 Å². The van der Waals surface area contributed by atoms with Crippen LogP contribution in [-0.4, -0.2) is 27.5 Å². The molecule has 17 heavy (non-hydrogen) atoms. The maximum Gasteiger partial charge on any atom is 0.208 e. The van der Waals surface area contributed by atoms with Crippen LogP contribution in [-0.2, 0) is 0 Å². The molecule has 0 bridgehead atoms. The van der Waals surface area contributed by atoms with Crippen molar-refractivity contribution in [1.82, 2.24) is 15.2 Å². The third-order valence-corrected chi connectivity index (χ3v) is 3.22. The quantitative estimate of drug-likeness (QED) is 0.631. The molecule has 1 aromatic carbocycles. The van der Waals surface area contributed by atoms with Crippen molar-refractivity contribution in [3.63, 3.8) is 0 Å². The summed E-state index contributed by atoms with van der Waals surface area (Å²) in [5, 5.41) is 11.1. The van der Waals surface area contributed by atoms with Gasteiger partial charge in [0.15, 0.2) is 0 Å². The number of hydrogen-bond acceptors (Lipinski definition) is 4. The van der Waals surface area contributed by atoms with Gasteiger partial charge in [-0.1, -0.05) is 30.0 Å². The van der Waals surface area contributed by atoms with E-state index in [-0.39, 0.29) is 0 Å². The van der Waals surface area contributed by atoms with Gasteiger partial charge in [0.05, 0.1) is 0 Å². The topological polar surface area (TPSA) is 53.6 Å². The molecular formula is C12H16N4S. The van der Waals surface area contributed by atoms with E-state index in [1.54, 1.807) is 11.8 Å². The van der Waals surface area contributed by atoms with Gasteiger partial charge in [-0.15, -0.1) is 5.10 Å². The molecule has 2 rings (SSSR count). The number of aromatic nitrogens is 3. The number of hydrogen-bond donors (Lipinski definition) is 2. The van der Waals surface area contributed by atoms with Gasteiger partial charge in [-0.3, -0.25) is 5.10 Å². The standard InChI is InChI=1S/C12H16N4S/c1-9-5-3-4-6-11(9)13-7-8-17-12-14-10(2)15-16-12/h3-6,13H,7-8H2,1-2H3,(H,14,15,16). The number of nitrogens with zero attached hydrogens (tertiary/aromatic N) is 2. The highest BCUT2D eigenvalue weighted by molar-refractivity contribution is 7.99. The highest BCUT2D eigenvalue weighted by Crippen LogP contribution is 2.15. The molecule has 2 N–H and O–H groups in total. The Morgan fingerprint density at radius 3 is 2.82 bits per heavy atom. The Morgan fingerprint density at radius 2 is 2.12 bits per heavy atom. The molecule has 1 heterocycles. The van der Waals surface area contributed by atoms with Crippen LogP contribution in [0.3, 0.4) is 0 Å². The van der Waals surface area contributed by atoms with Crippen molar-refractivity contribution in [2.75, 3.05) is 17.6 Å². The van der Waals surface area contributed by atoms with E-state index >= 15 is 0 Å². The third-order valence-electron chi connectivity index (χ3n) is 2.37. The molecule has 0 fully saturated rings. The number of aromatic amines is 1. The zero-order chi connectivity index (χ0) is 12.1. The van der Waals surface area contributed by atoms with Gasteiger partial charge in [0, 0.05) is 18.0 Å². The Bertz CT molecular complexity index is 481. The van der Waals surface area contributed by atoms with Crippen LogP contribution in [0.5, 0.6) is 0 Å². The lowest BCUT2D eigenvalue weighted by Gasteiger charge is -2.07. The van der Waals surface area contributed by atoms with Gasteiger partial charge >= 0.3 is 0 Å². The van der Waals surface area contributed by atoms with Gasteiger partial charge in [0.2, 0.25) is 5.16 Å². The van der Waals surface area contributed by atoms with Crippen LogP contribution in [0.25, 0.3) is 0 Å². The second-order valence-electron chi connectivity index (χ2n) is 3.79. The molecule has 0 saturated carbocycles. The van der Waals surface area contributed by atoms with Crippen molar-refractivity contribution in [3.8, 4) is 0 Å². The monoisotopic (exact) mass is 248 g/mol. The fraction of sp³-hybridized carbons (Fsp3) is 0.333. The first kappa shape index (κ1) is 12.0. The summed E-state index contributed by atoms with van der Waals surface area (Å²) in [5.41, 5.74) is 2.46. The number of H-pyrrole nitrogens is 1. The first-order valence-electron chi connectivity index (χ1n) is 5.57. The van der Waals surface area contributed by atoms with E-state index in [0.717, 1.165) is 23.3 Å². The second kappa shape index (κ2) is 5.72. The van der Waals surface area contributed by atoms with Gasteiger partial charge in [0.25, 0.3) is 0 Å². The molecule has 1 aromatic heterocycles. The maximum atomic E-state index is 4.24. The Morgan fingerprint density at radius 1 is 1.29 bits per heavy atom. The predicted molar refractivity (Wildman–Crippen MR) is 71.5 cm³/mol. The van der Waals surface area contributed by atoms with Crippen LogP contribution in [0.2, 0.25) is 0 Å². The number of para-hydroxylation sites is 1. The second-order valence-corrected chi connectivity index (χ2v) is 4.86. The van der Waals surface area contributed by atoms with E-state index in [1.165, 1.54) is 11.3 Å². The SMILES string of the molecule is Cc1nc(SCCNc2ccccc2C)n[nH]1. The summed E-state index contributed by atoms with van der Waals surface area (Å²) in [4.78, 5) is 4.24. The van der Waals surface area contributed by atoms with E-state index in [1.807, 2.05) is 19.1 Å². The predicted octanol–water partition coefficient (Wildman–Crippen LogP) is 2.63. The Hall–Kier alpha value is -1.49. The number of nitrogens with one attached hydrogen (secondary N) is 2. The fourth-order valence-electron chi connectivity index (χ4n) is 1.49. The summed E-state index contributed by atoms with van der Waals surface area (Å²) in [6, 6.07) is 8.29.